The summed E-state index contributed by atoms with van der Waals surface area (Å²) in [6.07, 6.45) is 0. The van der Waals surface area contributed by atoms with E-state index in [1.807, 2.05) is 12.1 Å². The van der Waals surface area contributed by atoms with Crippen molar-refractivity contribution in [2.75, 3.05) is 0 Å². The molecule has 8 rings (SSSR count). The third kappa shape index (κ3) is 3.08. The number of fused-ring (bicyclic) bond motifs is 6. The van der Waals surface area contributed by atoms with E-state index in [4.69, 9.17) is 0 Å². The number of para-hydroxylation sites is 2. The van der Waals surface area contributed by atoms with Gasteiger partial charge in [0.1, 0.15) is 12.1 Å². The highest BCUT2D eigenvalue weighted by Crippen LogP contribution is 2.57. The van der Waals surface area contributed by atoms with Gasteiger partial charge in [-0.2, -0.15) is 10.5 Å². The van der Waals surface area contributed by atoms with Crippen molar-refractivity contribution in [3.8, 4) is 29.0 Å². The van der Waals surface area contributed by atoms with Gasteiger partial charge in [-0.05, 0) is 63.7 Å². The molecule has 6 aromatic carbocycles. The summed E-state index contributed by atoms with van der Waals surface area (Å²) >= 11 is 0. The molecule has 194 valence electrons. The predicted molar refractivity (Wildman–Crippen MR) is 168 cm³/mol. The fourth-order valence-electron chi connectivity index (χ4n) is 7.11. The van der Waals surface area contributed by atoms with E-state index in [0.29, 0.717) is 16.8 Å². The molecule has 1 aromatic heterocycles. The summed E-state index contributed by atoms with van der Waals surface area (Å²) in [6, 6.07) is 53.1. The van der Waals surface area contributed by atoms with E-state index in [9.17, 15) is 10.5 Å². The zero-order valence-corrected chi connectivity index (χ0v) is 22.6. The van der Waals surface area contributed by atoms with Crippen LogP contribution in [0.15, 0.2) is 140 Å². The molecule has 0 spiro atoms. The Hall–Kier alpha value is -5.90. The number of benzene rings is 6. The molecule has 1 heterocycles. The van der Waals surface area contributed by atoms with Gasteiger partial charge in [-0.3, -0.25) is 0 Å². The molecule has 0 saturated carbocycles. The Kier molecular flexibility index (Phi) is 5.17. The molecule has 0 N–H and O–H groups in total. The Labute approximate surface area is 243 Å². The Morgan fingerprint density at radius 1 is 0.476 bits per heavy atom. The van der Waals surface area contributed by atoms with E-state index in [-0.39, 0.29) is 0 Å². The Bertz CT molecular complexity index is 2190. The lowest BCUT2D eigenvalue weighted by atomic mass is 9.67. The Morgan fingerprint density at radius 2 is 1.07 bits per heavy atom. The van der Waals surface area contributed by atoms with E-state index in [1.165, 1.54) is 33.4 Å². The summed E-state index contributed by atoms with van der Waals surface area (Å²) in [5.74, 6) is 0. The van der Waals surface area contributed by atoms with Gasteiger partial charge in [0.25, 0.3) is 0 Å². The molecular weight excluding hydrogens is 510 g/mol. The molecule has 0 saturated heterocycles. The van der Waals surface area contributed by atoms with Gasteiger partial charge < -0.3 is 4.57 Å². The highest BCUT2D eigenvalue weighted by Gasteiger charge is 2.46. The van der Waals surface area contributed by atoms with Crippen LogP contribution in [0.5, 0.6) is 0 Å². The van der Waals surface area contributed by atoms with Crippen LogP contribution in [0.3, 0.4) is 0 Å². The van der Waals surface area contributed by atoms with Crippen molar-refractivity contribution >= 4 is 21.8 Å². The van der Waals surface area contributed by atoms with Crippen molar-refractivity contribution in [2.24, 2.45) is 0 Å². The van der Waals surface area contributed by atoms with E-state index in [1.54, 1.807) is 18.2 Å². The number of nitriles is 2. The lowest BCUT2D eigenvalue weighted by Crippen LogP contribution is -2.28. The van der Waals surface area contributed by atoms with Gasteiger partial charge in [-0.1, -0.05) is 109 Å². The highest BCUT2D eigenvalue weighted by molar-refractivity contribution is 6.12. The van der Waals surface area contributed by atoms with Crippen LogP contribution in [0.1, 0.15) is 33.4 Å². The first-order valence-electron chi connectivity index (χ1n) is 14.0. The van der Waals surface area contributed by atoms with E-state index < -0.39 is 5.41 Å². The van der Waals surface area contributed by atoms with Crippen molar-refractivity contribution in [2.45, 2.75) is 5.41 Å². The summed E-state index contributed by atoms with van der Waals surface area (Å²) in [5.41, 5.74) is 10.2. The van der Waals surface area contributed by atoms with Crippen molar-refractivity contribution < 1.29 is 0 Å². The Balaban J connectivity index is 1.60. The highest BCUT2D eigenvalue weighted by atomic mass is 15.0. The monoisotopic (exact) mass is 533 g/mol. The number of nitrogens with zero attached hydrogens (tertiary/aromatic N) is 3. The summed E-state index contributed by atoms with van der Waals surface area (Å²) in [7, 11) is 0. The predicted octanol–water partition coefficient (Wildman–Crippen LogP) is 8.89. The second kappa shape index (κ2) is 9.07. The molecule has 0 amide bonds. The van der Waals surface area contributed by atoms with Crippen molar-refractivity contribution in [1.29, 1.82) is 10.5 Å². The molecule has 0 fully saturated rings. The van der Waals surface area contributed by atoms with Crippen LogP contribution >= 0.6 is 0 Å². The van der Waals surface area contributed by atoms with Crippen LogP contribution < -0.4 is 0 Å². The van der Waals surface area contributed by atoms with Gasteiger partial charge in [0.15, 0.2) is 0 Å². The smallest absolute Gasteiger partial charge is 0.101 e. The van der Waals surface area contributed by atoms with E-state index in [0.717, 1.165) is 21.8 Å². The van der Waals surface area contributed by atoms with Crippen LogP contribution in [0.4, 0.5) is 0 Å². The first kappa shape index (κ1) is 23.9. The van der Waals surface area contributed by atoms with Crippen LogP contribution in [0, 0.1) is 22.7 Å². The molecule has 3 nitrogen and oxygen atoms in total. The lowest BCUT2D eigenvalue weighted by molar-refractivity contribution is 0.769. The number of hydrogen-bond donors (Lipinski definition) is 0. The normalized spacial score (nSPS) is 12.9. The topological polar surface area (TPSA) is 52.5 Å². The molecule has 3 heteroatoms. The molecule has 0 atom stereocenters. The molecule has 1 aliphatic rings. The van der Waals surface area contributed by atoms with Gasteiger partial charge in [0.05, 0.1) is 33.3 Å². The van der Waals surface area contributed by atoms with Crippen molar-refractivity contribution in [3.05, 3.63) is 173 Å². The summed E-state index contributed by atoms with van der Waals surface area (Å²) in [4.78, 5) is 0. The van der Waals surface area contributed by atoms with E-state index in [2.05, 4.69) is 126 Å². The van der Waals surface area contributed by atoms with Crippen molar-refractivity contribution in [1.82, 2.24) is 4.57 Å². The molecule has 0 radical (unpaired) electrons. The third-order valence-electron chi connectivity index (χ3n) is 8.75. The molecule has 0 unspecified atom stereocenters. The first-order chi connectivity index (χ1) is 20.8. The average Bonchev–Trinajstić information content (AvgIpc) is 3.54. The standard InChI is InChI=1S/C39H23N3/c40-24-26-12-11-13-27(25-41)38(26)42-36-21-10-8-19-31(36)33-22-32-30-18-7-9-20-34(30)39(35(32)23-37(33)42,28-14-3-1-4-15-28)29-16-5-2-6-17-29/h1-23H. The second-order valence-electron chi connectivity index (χ2n) is 10.7. The van der Waals surface area contributed by atoms with Crippen LogP contribution in [0.2, 0.25) is 0 Å². The second-order valence-corrected chi connectivity index (χ2v) is 10.7. The van der Waals surface area contributed by atoms with Crippen LogP contribution in [-0.2, 0) is 5.41 Å². The zero-order valence-electron chi connectivity index (χ0n) is 22.6. The van der Waals surface area contributed by atoms with Gasteiger partial charge in [-0.15, -0.1) is 0 Å². The molecule has 42 heavy (non-hydrogen) atoms. The molecule has 0 bridgehead atoms. The van der Waals surface area contributed by atoms with Crippen LogP contribution in [-0.4, -0.2) is 4.57 Å². The molecule has 7 aromatic rings. The van der Waals surface area contributed by atoms with E-state index >= 15 is 0 Å². The largest absolute Gasteiger partial charge is 0.307 e. The number of hydrogen-bond acceptors (Lipinski definition) is 2. The summed E-state index contributed by atoms with van der Waals surface area (Å²) < 4.78 is 2.12. The third-order valence-corrected chi connectivity index (χ3v) is 8.75. The minimum Gasteiger partial charge on any atom is -0.307 e. The van der Waals surface area contributed by atoms with Gasteiger partial charge in [0.2, 0.25) is 0 Å². The minimum absolute atomic E-state index is 0.470. The fraction of sp³-hybridized carbons (Fsp3) is 0.0256. The quantitative estimate of drug-likeness (QED) is 0.228. The molecule has 1 aliphatic carbocycles. The molecule has 0 aliphatic heterocycles. The number of rotatable bonds is 3. The fourth-order valence-corrected chi connectivity index (χ4v) is 7.11. The average molecular weight is 534 g/mol. The first-order valence-corrected chi connectivity index (χ1v) is 14.0. The molecular formula is C39H23N3. The maximum atomic E-state index is 10.2. The Morgan fingerprint density at radius 3 is 1.74 bits per heavy atom. The van der Waals surface area contributed by atoms with Crippen LogP contribution in [0.25, 0.3) is 38.6 Å². The maximum absolute atomic E-state index is 10.2. The summed E-state index contributed by atoms with van der Waals surface area (Å²) in [5, 5.41) is 22.5. The van der Waals surface area contributed by atoms with Gasteiger partial charge in [0, 0.05) is 10.8 Å². The SMILES string of the molecule is N#Cc1cccc(C#N)c1-n1c2ccccc2c2cc3c(cc21)C(c1ccccc1)(c1ccccc1)c1ccccc1-3. The van der Waals surface area contributed by atoms with Crippen molar-refractivity contribution in [3.63, 3.8) is 0 Å². The maximum Gasteiger partial charge on any atom is 0.101 e. The lowest BCUT2D eigenvalue weighted by Gasteiger charge is -2.34. The summed E-state index contributed by atoms with van der Waals surface area (Å²) in [6.45, 7) is 0. The van der Waals surface area contributed by atoms with Gasteiger partial charge in [-0.25, -0.2) is 0 Å². The number of aromatic nitrogens is 1. The minimum atomic E-state index is -0.545. The van der Waals surface area contributed by atoms with Gasteiger partial charge >= 0.3 is 0 Å². The zero-order chi connectivity index (χ0) is 28.3.